The first kappa shape index (κ1) is 10.4. The van der Waals surface area contributed by atoms with Gasteiger partial charge in [0.2, 0.25) is 0 Å². The molecule has 82 valence electrons. The van der Waals surface area contributed by atoms with Crippen molar-refractivity contribution in [3.8, 4) is 0 Å². The second-order valence-corrected chi connectivity index (χ2v) is 4.46. The maximum Gasteiger partial charge on any atom is 0.0789 e. The van der Waals surface area contributed by atoms with Crippen LogP contribution in [0.25, 0.3) is 0 Å². The smallest absolute Gasteiger partial charge is 0.0789 e. The molecule has 0 radical (unpaired) electrons. The van der Waals surface area contributed by atoms with Crippen LogP contribution in [0.2, 0.25) is 0 Å². The second kappa shape index (κ2) is 4.57. The molecule has 0 aromatic carbocycles. The standard InChI is InChI=1S/C10H21N3O/c11-7-10(14)8-12-3-5-13(6-4-12)9-1-2-9/h9-10,14H,1-8,11H2. The van der Waals surface area contributed by atoms with Crippen LogP contribution in [0.15, 0.2) is 0 Å². The van der Waals surface area contributed by atoms with Gasteiger partial charge < -0.3 is 10.8 Å². The van der Waals surface area contributed by atoms with Crippen molar-refractivity contribution in [3.63, 3.8) is 0 Å². The summed E-state index contributed by atoms with van der Waals surface area (Å²) in [6.07, 6.45) is 2.44. The zero-order valence-electron chi connectivity index (χ0n) is 8.73. The first-order valence-electron chi connectivity index (χ1n) is 5.64. The quantitative estimate of drug-likeness (QED) is 0.615. The lowest BCUT2D eigenvalue weighted by Crippen LogP contribution is -2.49. The Kier molecular flexibility index (Phi) is 3.38. The third kappa shape index (κ3) is 2.67. The molecule has 4 nitrogen and oxygen atoms in total. The van der Waals surface area contributed by atoms with Crippen molar-refractivity contribution in [3.05, 3.63) is 0 Å². The molecule has 1 atom stereocenters. The van der Waals surface area contributed by atoms with Gasteiger partial charge in [0, 0.05) is 45.3 Å². The molecule has 1 unspecified atom stereocenters. The molecule has 0 amide bonds. The van der Waals surface area contributed by atoms with E-state index in [-0.39, 0.29) is 6.10 Å². The van der Waals surface area contributed by atoms with E-state index in [1.54, 1.807) is 0 Å². The highest BCUT2D eigenvalue weighted by Gasteiger charge is 2.31. The van der Waals surface area contributed by atoms with Gasteiger partial charge in [0.25, 0.3) is 0 Å². The van der Waals surface area contributed by atoms with E-state index in [0.29, 0.717) is 6.54 Å². The Hall–Kier alpha value is -0.160. The Balaban J connectivity index is 1.67. The summed E-state index contributed by atoms with van der Waals surface area (Å²) in [6, 6.07) is 0.886. The van der Waals surface area contributed by atoms with Crippen molar-refractivity contribution >= 4 is 0 Å². The van der Waals surface area contributed by atoms with Gasteiger partial charge in [0.15, 0.2) is 0 Å². The van der Waals surface area contributed by atoms with Crippen LogP contribution in [0.4, 0.5) is 0 Å². The van der Waals surface area contributed by atoms with E-state index >= 15 is 0 Å². The summed E-state index contributed by atoms with van der Waals surface area (Å²) in [5, 5.41) is 9.42. The van der Waals surface area contributed by atoms with Crippen molar-refractivity contribution in [1.82, 2.24) is 9.80 Å². The molecule has 4 heteroatoms. The maximum absolute atomic E-state index is 9.42. The minimum Gasteiger partial charge on any atom is -0.390 e. The largest absolute Gasteiger partial charge is 0.390 e. The molecule has 1 saturated heterocycles. The van der Waals surface area contributed by atoms with E-state index in [9.17, 15) is 5.11 Å². The molecule has 0 aromatic heterocycles. The number of aliphatic hydroxyl groups excluding tert-OH is 1. The van der Waals surface area contributed by atoms with Crippen LogP contribution in [0.1, 0.15) is 12.8 Å². The Morgan fingerprint density at radius 3 is 2.36 bits per heavy atom. The number of β-amino-alcohol motifs (C(OH)–C–C–N with tert-alkyl or cyclic N) is 1. The van der Waals surface area contributed by atoms with Crippen LogP contribution in [0, 0.1) is 0 Å². The summed E-state index contributed by atoms with van der Waals surface area (Å²) < 4.78 is 0. The summed E-state index contributed by atoms with van der Waals surface area (Å²) in [4.78, 5) is 4.89. The predicted octanol–water partition coefficient (Wildman–Crippen LogP) is -0.914. The topological polar surface area (TPSA) is 52.7 Å². The van der Waals surface area contributed by atoms with E-state index in [2.05, 4.69) is 9.80 Å². The minimum atomic E-state index is -0.345. The lowest BCUT2D eigenvalue weighted by Gasteiger charge is -2.35. The molecule has 1 heterocycles. The summed E-state index contributed by atoms with van der Waals surface area (Å²) in [7, 11) is 0. The zero-order chi connectivity index (χ0) is 9.97. The van der Waals surface area contributed by atoms with E-state index in [0.717, 1.165) is 25.7 Å². The molecule has 2 rings (SSSR count). The van der Waals surface area contributed by atoms with Crippen molar-refractivity contribution < 1.29 is 5.11 Å². The first-order valence-corrected chi connectivity index (χ1v) is 5.64. The van der Waals surface area contributed by atoms with Gasteiger partial charge in [-0.15, -0.1) is 0 Å². The molecule has 14 heavy (non-hydrogen) atoms. The Labute approximate surface area is 85.7 Å². The Morgan fingerprint density at radius 2 is 1.86 bits per heavy atom. The van der Waals surface area contributed by atoms with Gasteiger partial charge in [-0.25, -0.2) is 0 Å². The summed E-state index contributed by atoms with van der Waals surface area (Å²) in [5.41, 5.74) is 5.39. The van der Waals surface area contributed by atoms with Crippen LogP contribution in [0.5, 0.6) is 0 Å². The number of piperazine rings is 1. The number of aliphatic hydroxyl groups is 1. The average Bonchev–Trinajstić information content (AvgIpc) is 3.02. The van der Waals surface area contributed by atoms with Crippen LogP contribution >= 0.6 is 0 Å². The lowest BCUT2D eigenvalue weighted by atomic mass is 10.2. The maximum atomic E-state index is 9.42. The van der Waals surface area contributed by atoms with E-state index in [4.69, 9.17) is 5.73 Å². The van der Waals surface area contributed by atoms with E-state index < -0.39 is 0 Å². The minimum absolute atomic E-state index is 0.345. The van der Waals surface area contributed by atoms with Gasteiger partial charge in [0.1, 0.15) is 0 Å². The number of nitrogens with zero attached hydrogens (tertiary/aromatic N) is 2. The lowest BCUT2D eigenvalue weighted by molar-refractivity contribution is 0.0738. The predicted molar refractivity (Wildman–Crippen MR) is 56.1 cm³/mol. The second-order valence-electron chi connectivity index (χ2n) is 4.46. The summed E-state index contributed by atoms with van der Waals surface area (Å²) >= 11 is 0. The molecule has 2 fully saturated rings. The normalized spacial score (nSPS) is 27.9. The number of hydrogen-bond acceptors (Lipinski definition) is 4. The van der Waals surface area contributed by atoms with Crippen LogP contribution in [-0.4, -0.2) is 66.3 Å². The van der Waals surface area contributed by atoms with Gasteiger partial charge in [-0.3, -0.25) is 9.80 Å². The molecule has 0 spiro atoms. The highest BCUT2D eigenvalue weighted by atomic mass is 16.3. The molecule has 1 aliphatic carbocycles. The Morgan fingerprint density at radius 1 is 1.21 bits per heavy atom. The molecule has 0 aromatic rings. The third-order valence-corrected chi connectivity index (χ3v) is 3.21. The number of nitrogens with two attached hydrogens (primary N) is 1. The molecule has 1 saturated carbocycles. The number of rotatable bonds is 4. The highest BCUT2D eigenvalue weighted by Crippen LogP contribution is 2.27. The molecular weight excluding hydrogens is 178 g/mol. The fourth-order valence-corrected chi connectivity index (χ4v) is 2.12. The van der Waals surface area contributed by atoms with Crippen LogP contribution in [-0.2, 0) is 0 Å². The van der Waals surface area contributed by atoms with E-state index in [1.807, 2.05) is 0 Å². The molecule has 3 N–H and O–H groups in total. The van der Waals surface area contributed by atoms with Gasteiger partial charge in [-0.05, 0) is 12.8 Å². The van der Waals surface area contributed by atoms with E-state index in [1.165, 1.54) is 25.9 Å². The van der Waals surface area contributed by atoms with Gasteiger partial charge in [-0.1, -0.05) is 0 Å². The molecule has 2 aliphatic rings. The fraction of sp³-hybridized carbons (Fsp3) is 1.00. The van der Waals surface area contributed by atoms with Crippen molar-refractivity contribution in [2.24, 2.45) is 5.73 Å². The van der Waals surface area contributed by atoms with Gasteiger partial charge >= 0.3 is 0 Å². The van der Waals surface area contributed by atoms with Crippen molar-refractivity contribution in [2.45, 2.75) is 25.0 Å². The number of hydrogen-bond donors (Lipinski definition) is 2. The average molecular weight is 199 g/mol. The zero-order valence-corrected chi connectivity index (χ0v) is 8.73. The van der Waals surface area contributed by atoms with Crippen LogP contribution in [0.3, 0.4) is 0 Å². The summed E-state index contributed by atoms with van der Waals surface area (Å²) in [5.74, 6) is 0. The monoisotopic (exact) mass is 199 g/mol. The molecule has 1 aliphatic heterocycles. The first-order chi connectivity index (χ1) is 6.79. The van der Waals surface area contributed by atoms with Crippen molar-refractivity contribution in [1.29, 1.82) is 0 Å². The highest BCUT2D eigenvalue weighted by molar-refractivity contribution is 4.87. The third-order valence-electron chi connectivity index (χ3n) is 3.21. The SMILES string of the molecule is NCC(O)CN1CCN(C2CC2)CC1. The van der Waals surface area contributed by atoms with Crippen molar-refractivity contribution in [2.75, 3.05) is 39.3 Å². The van der Waals surface area contributed by atoms with Gasteiger partial charge in [0.05, 0.1) is 6.10 Å². The van der Waals surface area contributed by atoms with Crippen LogP contribution < -0.4 is 5.73 Å². The molecular formula is C10H21N3O. The van der Waals surface area contributed by atoms with Gasteiger partial charge in [-0.2, -0.15) is 0 Å². The fourth-order valence-electron chi connectivity index (χ4n) is 2.12. The molecule has 0 bridgehead atoms. The Bertz CT molecular complexity index is 176. The summed E-state index contributed by atoms with van der Waals surface area (Å²) in [6.45, 7) is 5.64.